The Morgan fingerprint density at radius 3 is 2.88 bits per heavy atom. The van der Waals surface area contributed by atoms with Crippen molar-refractivity contribution in [1.82, 2.24) is 4.31 Å². The summed E-state index contributed by atoms with van der Waals surface area (Å²) in [6, 6.07) is 3.18. The normalized spacial score (nSPS) is 23.3. The molecule has 2 heterocycles. The molecule has 1 aromatic rings. The second-order valence-corrected chi connectivity index (χ2v) is 7.27. The van der Waals surface area contributed by atoms with Crippen molar-refractivity contribution in [2.24, 2.45) is 0 Å². The predicted molar refractivity (Wildman–Crippen MR) is 84.0 cm³/mol. The quantitative estimate of drug-likeness (QED) is 0.628. The summed E-state index contributed by atoms with van der Waals surface area (Å²) in [4.78, 5) is 23.4. The fourth-order valence-corrected chi connectivity index (χ4v) is 4.07. The predicted octanol–water partition coefficient (Wildman–Crippen LogP) is 0.508. The lowest BCUT2D eigenvalue weighted by Crippen LogP contribution is -2.41. The molecular formula is C15H16N2O6S. The third-order valence-electron chi connectivity index (χ3n) is 3.85. The molecule has 0 fully saturated rings. The van der Waals surface area contributed by atoms with Crippen LogP contribution >= 0.6 is 0 Å². The number of carbonyl (C=O) groups excluding carboxylic acids is 2. The number of benzene rings is 1. The lowest BCUT2D eigenvalue weighted by molar-refractivity contribution is -0.143. The van der Waals surface area contributed by atoms with Crippen LogP contribution in [0.1, 0.15) is 6.92 Å². The van der Waals surface area contributed by atoms with Gasteiger partial charge in [-0.15, -0.1) is 0 Å². The highest BCUT2D eigenvalue weighted by atomic mass is 32.2. The van der Waals surface area contributed by atoms with E-state index in [0.717, 1.165) is 4.31 Å². The number of hydrogen-bond donors (Lipinski definition) is 1. The van der Waals surface area contributed by atoms with E-state index in [2.05, 4.69) is 10.1 Å². The van der Waals surface area contributed by atoms with E-state index in [1.165, 1.54) is 31.4 Å². The number of anilines is 1. The molecule has 0 spiro atoms. The van der Waals surface area contributed by atoms with Gasteiger partial charge < -0.3 is 14.8 Å². The van der Waals surface area contributed by atoms with Gasteiger partial charge >= 0.3 is 5.97 Å². The average molecular weight is 352 g/mol. The van der Waals surface area contributed by atoms with Gasteiger partial charge in [0.05, 0.1) is 17.7 Å². The highest BCUT2D eigenvalue weighted by Gasteiger charge is 2.38. The number of nitrogens with one attached hydrogen (secondary N) is 1. The van der Waals surface area contributed by atoms with Crippen molar-refractivity contribution in [1.29, 1.82) is 0 Å². The molecule has 0 saturated carbocycles. The number of fused-ring (bicyclic) bond motifs is 1. The zero-order valence-corrected chi connectivity index (χ0v) is 13.9. The Balaban J connectivity index is 1.95. The van der Waals surface area contributed by atoms with Gasteiger partial charge in [0.25, 0.3) is 5.91 Å². The first-order valence-corrected chi connectivity index (χ1v) is 8.66. The molecule has 2 unspecified atom stereocenters. The van der Waals surface area contributed by atoms with Crippen molar-refractivity contribution in [3.8, 4) is 5.75 Å². The molecule has 2 aliphatic rings. The Morgan fingerprint density at radius 2 is 2.17 bits per heavy atom. The Kier molecular flexibility index (Phi) is 4.06. The first-order valence-electron chi connectivity index (χ1n) is 7.22. The van der Waals surface area contributed by atoms with E-state index < -0.39 is 28.1 Å². The molecule has 128 valence electrons. The lowest BCUT2D eigenvalue weighted by Gasteiger charge is -2.25. The monoisotopic (exact) mass is 352 g/mol. The highest BCUT2D eigenvalue weighted by molar-refractivity contribution is 7.89. The van der Waals surface area contributed by atoms with Crippen LogP contribution in [-0.4, -0.2) is 50.4 Å². The summed E-state index contributed by atoms with van der Waals surface area (Å²) in [6.45, 7) is 1.67. The maximum absolute atomic E-state index is 12.8. The summed E-state index contributed by atoms with van der Waals surface area (Å²) in [5.74, 6) is -0.617. The van der Waals surface area contributed by atoms with E-state index in [0.29, 0.717) is 5.75 Å². The van der Waals surface area contributed by atoms with Crippen LogP contribution in [0.25, 0.3) is 0 Å². The zero-order valence-electron chi connectivity index (χ0n) is 13.1. The Morgan fingerprint density at radius 1 is 1.42 bits per heavy atom. The second kappa shape index (κ2) is 5.91. The number of hydrogen-bond acceptors (Lipinski definition) is 6. The number of rotatable bonds is 3. The summed E-state index contributed by atoms with van der Waals surface area (Å²) in [6.07, 6.45) is 2.42. The maximum atomic E-state index is 12.8. The van der Waals surface area contributed by atoms with Gasteiger partial charge in [0, 0.05) is 6.54 Å². The molecule has 0 aromatic heterocycles. The van der Waals surface area contributed by atoms with E-state index in [1.807, 2.05) is 0 Å². The molecule has 24 heavy (non-hydrogen) atoms. The molecule has 8 nitrogen and oxygen atoms in total. The van der Waals surface area contributed by atoms with E-state index in [4.69, 9.17) is 4.74 Å². The van der Waals surface area contributed by atoms with Gasteiger partial charge in [0.2, 0.25) is 10.0 Å². The van der Waals surface area contributed by atoms with Gasteiger partial charge in [-0.1, -0.05) is 12.2 Å². The molecule has 1 amide bonds. The minimum absolute atomic E-state index is 0.0442. The highest BCUT2D eigenvalue weighted by Crippen LogP contribution is 2.33. The minimum atomic E-state index is -3.94. The summed E-state index contributed by atoms with van der Waals surface area (Å²) in [7, 11) is -2.74. The Bertz CT molecular complexity index is 832. The fourth-order valence-electron chi connectivity index (χ4n) is 2.55. The third-order valence-corrected chi connectivity index (χ3v) is 5.69. The van der Waals surface area contributed by atoms with Gasteiger partial charge in [-0.05, 0) is 25.1 Å². The molecule has 9 heteroatoms. The molecule has 1 N–H and O–H groups in total. The lowest BCUT2D eigenvalue weighted by atomic mass is 10.2. The van der Waals surface area contributed by atoms with Crippen LogP contribution in [0.5, 0.6) is 5.75 Å². The largest absolute Gasteiger partial charge is 0.479 e. The van der Waals surface area contributed by atoms with Crippen LogP contribution in [0.3, 0.4) is 0 Å². The average Bonchev–Trinajstić information content (AvgIpc) is 3.05. The molecule has 2 aliphatic heterocycles. The number of nitrogens with zero attached hydrogens (tertiary/aromatic N) is 1. The van der Waals surface area contributed by atoms with Crippen molar-refractivity contribution in [3.63, 3.8) is 0 Å². The number of ether oxygens (including phenoxy) is 2. The van der Waals surface area contributed by atoms with Crippen molar-refractivity contribution >= 4 is 27.6 Å². The Hall–Kier alpha value is -2.39. The number of methoxy groups -OCH3 is 1. The Labute approximate surface area is 139 Å². The zero-order chi connectivity index (χ0) is 17.5. The SMILES string of the molecule is COC(=O)C1C=CCN1S(=O)(=O)c1ccc2c(c1)NC(=O)C(C)O2. The number of sulfonamides is 1. The summed E-state index contributed by atoms with van der Waals surface area (Å²) >= 11 is 0. The molecular weight excluding hydrogens is 336 g/mol. The van der Waals surface area contributed by atoms with Gasteiger partial charge in [-0.3, -0.25) is 4.79 Å². The van der Waals surface area contributed by atoms with Crippen LogP contribution in [0.15, 0.2) is 35.2 Å². The van der Waals surface area contributed by atoms with E-state index in [-0.39, 0.29) is 23.0 Å². The fraction of sp³-hybridized carbons (Fsp3) is 0.333. The maximum Gasteiger partial charge on any atom is 0.328 e. The minimum Gasteiger partial charge on any atom is -0.479 e. The summed E-state index contributed by atoms with van der Waals surface area (Å²) in [5.41, 5.74) is 0.279. The van der Waals surface area contributed by atoms with Gasteiger partial charge in [0.1, 0.15) is 11.8 Å². The second-order valence-electron chi connectivity index (χ2n) is 5.38. The van der Waals surface area contributed by atoms with Crippen molar-refractivity contribution in [3.05, 3.63) is 30.4 Å². The van der Waals surface area contributed by atoms with E-state index >= 15 is 0 Å². The number of carbonyl (C=O) groups is 2. The van der Waals surface area contributed by atoms with Crippen molar-refractivity contribution in [2.75, 3.05) is 19.0 Å². The molecule has 0 saturated heterocycles. The van der Waals surface area contributed by atoms with Gasteiger partial charge in [-0.2, -0.15) is 4.31 Å². The number of esters is 1. The van der Waals surface area contributed by atoms with Crippen LogP contribution in [-0.2, 0) is 24.3 Å². The van der Waals surface area contributed by atoms with Crippen LogP contribution in [0.4, 0.5) is 5.69 Å². The molecule has 0 radical (unpaired) electrons. The van der Waals surface area contributed by atoms with Crippen molar-refractivity contribution < 1.29 is 27.5 Å². The molecule has 0 aliphatic carbocycles. The number of amides is 1. The van der Waals surface area contributed by atoms with E-state index in [9.17, 15) is 18.0 Å². The van der Waals surface area contributed by atoms with Gasteiger partial charge in [-0.25, -0.2) is 13.2 Å². The van der Waals surface area contributed by atoms with Crippen LogP contribution < -0.4 is 10.1 Å². The molecule has 3 rings (SSSR count). The third kappa shape index (κ3) is 2.65. The summed E-state index contributed by atoms with van der Waals surface area (Å²) in [5, 5.41) is 2.60. The standard InChI is InChI=1S/C15H16N2O6S/c1-9-14(18)16-11-8-10(5-6-13(11)23-9)24(20,21)17-7-3-4-12(17)15(19)22-2/h3-6,8-9,12H,7H2,1-2H3,(H,16,18). The van der Waals surface area contributed by atoms with Gasteiger partial charge in [0.15, 0.2) is 6.10 Å². The first-order chi connectivity index (χ1) is 11.3. The smallest absolute Gasteiger partial charge is 0.328 e. The van der Waals surface area contributed by atoms with Crippen LogP contribution in [0.2, 0.25) is 0 Å². The molecule has 0 bridgehead atoms. The van der Waals surface area contributed by atoms with Crippen molar-refractivity contribution in [2.45, 2.75) is 24.0 Å². The molecule has 2 atom stereocenters. The summed E-state index contributed by atoms with van der Waals surface area (Å²) < 4.78 is 36.7. The topological polar surface area (TPSA) is 102 Å². The van der Waals surface area contributed by atoms with Crippen LogP contribution in [0, 0.1) is 0 Å². The first kappa shape index (κ1) is 16.5. The molecule has 1 aromatic carbocycles. The van der Waals surface area contributed by atoms with E-state index in [1.54, 1.807) is 13.0 Å².